The minimum atomic E-state index is -0.684. The number of rotatable bonds is 8. The minimum absolute atomic E-state index is 0.337. The maximum atomic E-state index is 13.0. The molecule has 0 radical (unpaired) electrons. The Kier molecular flexibility index (Phi) is 6.79. The second kappa shape index (κ2) is 10.3. The van der Waals surface area contributed by atoms with E-state index in [0.29, 0.717) is 25.4 Å². The average Bonchev–Trinajstić information content (AvgIpc) is 3.30. The van der Waals surface area contributed by atoms with Crippen molar-refractivity contribution < 1.29 is 28.5 Å². The molecular weight excluding hydrogens is 420 g/mol. The van der Waals surface area contributed by atoms with Gasteiger partial charge in [-0.1, -0.05) is 78.9 Å². The fourth-order valence-corrected chi connectivity index (χ4v) is 4.15. The van der Waals surface area contributed by atoms with E-state index in [-0.39, 0.29) is 6.10 Å². The van der Waals surface area contributed by atoms with Crippen LogP contribution in [-0.2, 0) is 36.9 Å². The van der Waals surface area contributed by atoms with Crippen LogP contribution in [0.4, 0.5) is 0 Å². The lowest BCUT2D eigenvalue weighted by Crippen LogP contribution is -2.57. The Balaban J connectivity index is 1.37. The molecule has 2 fully saturated rings. The van der Waals surface area contributed by atoms with Gasteiger partial charge in [-0.2, -0.15) is 0 Å². The van der Waals surface area contributed by atoms with Crippen molar-refractivity contribution in [1.29, 1.82) is 0 Å². The van der Waals surface area contributed by atoms with Crippen molar-refractivity contribution in [2.24, 2.45) is 0 Å². The first-order valence-electron chi connectivity index (χ1n) is 11.1. The number of hydrogen-bond acceptors (Lipinski definition) is 6. The number of benzene rings is 3. The molecule has 2 aliphatic heterocycles. The van der Waals surface area contributed by atoms with Gasteiger partial charge in [0.1, 0.15) is 18.3 Å². The number of ether oxygens (including phenoxy) is 5. The maximum absolute atomic E-state index is 13.0. The van der Waals surface area contributed by atoms with Crippen molar-refractivity contribution in [1.82, 2.24) is 0 Å². The summed E-state index contributed by atoms with van der Waals surface area (Å²) in [4.78, 5) is 13.0. The average molecular weight is 446 g/mol. The standard InChI is InChI=1S/C27H26O6/c28-26(21-14-8-3-9-15-21)33-24-23(29-16-19-10-4-1-5-11-19)22-18-31-27(32-22)25(24)30-17-20-12-6-2-7-13-20/h1-15,22-25,27H,16-18H2/t22-,23-,24+,25-,27-/m1/s1. The fourth-order valence-electron chi connectivity index (χ4n) is 4.15. The van der Waals surface area contributed by atoms with Gasteiger partial charge < -0.3 is 23.7 Å². The summed E-state index contributed by atoms with van der Waals surface area (Å²) in [5, 5.41) is 0. The van der Waals surface area contributed by atoms with Crippen LogP contribution in [-0.4, -0.2) is 43.3 Å². The van der Waals surface area contributed by atoms with Crippen LogP contribution in [0.5, 0.6) is 0 Å². The Hall–Kier alpha value is -3.03. The normalized spacial score (nSPS) is 26.1. The highest BCUT2D eigenvalue weighted by Gasteiger charge is 2.54. The van der Waals surface area contributed by atoms with Crippen LogP contribution in [0.25, 0.3) is 0 Å². The van der Waals surface area contributed by atoms with Gasteiger partial charge in [0, 0.05) is 0 Å². The van der Waals surface area contributed by atoms with Gasteiger partial charge in [0.05, 0.1) is 25.4 Å². The monoisotopic (exact) mass is 446 g/mol. The number of carbonyl (C=O) groups is 1. The smallest absolute Gasteiger partial charge is 0.338 e. The molecule has 0 aromatic heterocycles. The van der Waals surface area contributed by atoms with Gasteiger partial charge in [-0.15, -0.1) is 0 Å². The SMILES string of the molecule is O=C(O[C@@H]1[C@@H](OCc2ccccc2)[C@@H]2OC[C@@H](O2)[C@H]1OCc1ccccc1)c1ccccc1. The van der Waals surface area contributed by atoms with E-state index in [9.17, 15) is 4.79 Å². The van der Waals surface area contributed by atoms with E-state index in [1.54, 1.807) is 24.3 Å². The van der Waals surface area contributed by atoms with Gasteiger partial charge in [0.15, 0.2) is 12.4 Å². The molecule has 5 atom stereocenters. The molecule has 0 unspecified atom stereocenters. The molecule has 0 N–H and O–H groups in total. The molecule has 6 heteroatoms. The first kappa shape index (κ1) is 21.8. The highest BCUT2D eigenvalue weighted by atomic mass is 16.8. The molecule has 170 valence electrons. The van der Waals surface area contributed by atoms with E-state index < -0.39 is 30.6 Å². The van der Waals surface area contributed by atoms with Gasteiger partial charge in [-0.3, -0.25) is 0 Å². The van der Waals surface area contributed by atoms with Crippen LogP contribution in [0.2, 0.25) is 0 Å². The first-order valence-corrected chi connectivity index (χ1v) is 11.1. The first-order chi connectivity index (χ1) is 16.3. The van der Waals surface area contributed by atoms with Crippen molar-refractivity contribution in [2.75, 3.05) is 6.61 Å². The molecule has 2 aliphatic rings. The van der Waals surface area contributed by atoms with Crippen LogP contribution >= 0.6 is 0 Å². The third-order valence-electron chi connectivity index (χ3n) is 5.84. The lowest BCUT2D eigenvalue weighted by atomic mass is 9.99. The molecule has 0 spiro atoms. The summed E-state index contributed by atoms with van der Waals surface area (Å²) in [6.07, 6.45) is -2.81. The van der Waals surface area contributed by atoms with Crippen LogP contribution in [0.3, 0.4) is 0 Å². The van der Waals surface area contributed by atoms with E-state index >= 15 is 0 Å². The fraction of sp³-hybridized carbons (Fsp3) is 0.296. The second-order valence-electron chi connectivity index (χ2n) is 8.13. The van der Waals surface area contributed by atoms with Crippen molar-refractivity contribution in [3.05, 3.63) is 108 Å². The van der Waals surface area contributed by atoms with Gasteiger partial charge in [0.2, 0.25) is 0 Å². The van der Waals surface area contributed by atoms with E-state index in [1.807, 2.05) is 66.7 Å². The summed E-state index contributed by atoms with van der Waals surface area (Å²) in [6, 6.07) is 28.6. The van der Waals surface area contributed by atoms with Crippen molar-refractivity contribution in [3.8, 4) is 0 Å². The zero-order valence-corrected chi connectivity index (χ0v) is 18.1. The van der Waals surface area contributed by atoms with Crippen molar-refractivity contribution in [3.63, 3.8) is 0 Å². The van der Waals surface area contributed by atoms with Gasteiger partial charge in [-0.05, 0) is 23.3 Å². The van der Waals surface area contributed by atoms with Gasteiger partial charge in [-0.25, -0.2) is 4.79 Å². The van der Waals surface area contributed by atoms with E-state index in [2.05, 4.69) is 0 Å². The largest absolute Gasteiger partial charge is 0.453 e. The summed E-state index contributed by atoms with van der Waals surface area (Å²) >= 11 is 0. The number of carbonyl (C=O) groups excluding carboxylic acids is 1. The van der Waals surface area contributed by atoms with Gasteiger partial charge >= 0.3 is 5.97 Å². The molecule has 33 heavy (non-hydrogen) atoms. The van der Waals surface area contributed by atoms with Crippen LogP contribution in [0, 0.1) is 0 Å². The van der Waals surface area contributed by atoms with E-state index in [1.165, 1.54) is 0 Å². The molecule has 2 bridgehead atoms. The molecule has 3 aromatic rings. The second-order valence-corrected chi connectivity index (χ2v) is 8.13. The topological polar surface area (TPSA) is 63.2 Å². The summed E-state index contributed by atoms with van der Waals surface area (Å²) < 4.78 is 30.4. The predicted molar refractivity (Wildman–Crippen MR) is 120 cm³/mol. The molecular formula is C27H26O6. The van der Waals surface area contributed by atoms with Crippen molar-refractivity contribution >= 4 is 5.97 Å². The van der Waals surface area contributed by atoms with Crippen LogP contribution in [0.1, 0.15) is 21.5 Å². The van der Waals surface area contributed by atoms with E-state index in [0.717, 1.165) is 11.1 Å². The molecule has 0 aliphatic carbocycles. The van der Waals surface area contributed by atoms with Gasteiger partial charge in [0.25, 0.3) is 0 Å². The highest BCUT2D eigenvalue weighted by molar-refractivity contribution is 5.89. The molecule has 2 heterocycles. The maximum Gasteiger partial charge on any atom is 0.338 e. The molecule has 5 rings (SSSR count). The molecule has 2 saturated heterocycles. The lowest BCUT2D eigenvalue weighted by molar-refractivity contribution is -0.255. The van der Waals surface area contributed by atoms with Crippen LogP contribution < -0.4 is 0 Å². The van der Waals surface area contributed by atoms with Crippen LogP contribution in [0.15, 0.2) is 91.0 Å². The Morgan fingerprint density at radius 1 is 0.727 bits per heavy atom. The molecule has 6 nitrogen and oxygen atoms in total. The summed E-state index contributed by atoms with van der Waals surface area (Å²) in [5.41, 5.74) is 2.50. The third-order valence-corrected chi connectivity index (χ3v) is 5.84. The number of esters is 1. The summed E-state index contributed by atoms with van der Waals surface area (Å²) in [5.74, 6) is -0.427. The zero-order valence-electron chi connectivity index (χ0n) is 18.1. The highest BCUT2D eigenvalue weighted by Crippen LogP contribution is 2.35. The quantitative estimate of drug-likeness (QED) is 0.485. The Bertz CT molecular complexity index is 969. The predicted octanol–water partition coefficient (Wildman–Crippen LogP) is 4.14. The Morgan fingerprint density at radius 3 is 1.88 bits per heavy atom. The lowest BCUT2D eigenvalue weighted by Gasteiger charge is -2.40. The summed E-state index contributed by atoms with van der Waals surface area (Å²) in [7, 11) is 0. The number of fused-ring (bicyclic) bond motifs is 2. The number of hydrogen-bond donors (Lipinski definition) is 0. The molecule has 0 saturated carbocycles. The third kappa shape index (κ3) is 5.15. The summed E-state index contributed by atoms with van der Waals surface area (Å²) in [6.45, 7) is 1.06. The Morgan fingerprint density at radius 2 is 1.27 bits per heavy atom. The minimum Gasteiger partial charge on any atom is -0.453 e. The molecule has 0 amide bonds. The zero-order chi connectivity index (χ0) is 22.5. The van der Waals surface area contributed by atoms with E-state index in [4.69, 9.17) is 23.7 Å². The molecule has 3 aromatic carbocycles. The Labute approximate surface area is 193 Å². The van der Waals surface area contributed by atoms with Crippen molar-refractivity contribution in [2.45, 2.75) is 43.9 Å².